The maximum atomic E-state index is 8.88. The summed E-state index contributed by atoms with van der Waals surface area (Å²) >= 11 is 1.66. The highest BCUT2D eigenvalue weighted by molar-refractivity contribution is 7.99. The van der Waals surface area contributed by atoms with Crippen LogP contribution in [-0.4, -0.2) is 22.5 Å². The molecule has 84 valence electrons. The van der Waals surface area contributed by atoms with E-state index in [-0.39, 0.29) is 12.6 Å². The van der Waals surface area contributed by atoms with Crippen LogP contribution in [0.3, 0.4) is 0 Å². The van der Waals surface area contributed by atoms with Gasteiger partial charge in [-0.2, -0.15) is 0 Å². The van der Waals surface area contributed by atoms with E-state index in [4.69, 9.17) is 10.8 Å². The van der Waals surface area contributed by atoms with Crippen molar-refractivity contribution in [2.45, 2.75) is 24.9 Å². The molecule has 3 N–H and O–H groups in total. The van der Waals surface area contributed by atoms with Crippen LogP contribution in [0.25, 0.3) is 0 Å². The predicted octanol–water partition coefficient (Wildman–Crippen LogP) is 1.82. The van der Waals surface area contributed by atoms with Gasteiger partial charge in [0, 0.05) is 24.6 Å². The normalized spacial score (nSPS) is 14.9. The van der Waals surface area contributed by atoms with Gasteiger partial charge < -0.3 is 10.8 Å². The first-order valence-corrected chi connectivity index (χ1v) is 6.07. The molecule has 0 aliphatic carbocycles. The van der Waals surface area contributed by atoms with Gasteiger partial charge in [-0.3, -0.25) is 0 Å². The molecule has 1 rings (SSSR count). The van der Waals surface area contributed by atoms with E-state index in [0.29, 0.717) is 5.92 Å². The average molecular weight is 226 g/mol. The molecule has 0 aliphatic rings. The summed E-state index contributed by atoms with van der Waals surface area (Å²) in [6.07, 6.45) is 1.82. The van der Waals surface area contributed by atoms with Crippen molar-refractivity contribution in [3.05, 3.63) is 23.9 Å². The van der Waals surface area contributed by atoms with Crippen molar-refractivity contribution < 1.29 is 5.11 Å². The van der Waals surface area contributed by atoms with Gasteiger partial charge in [-0.25, -0.2) is 4.98 Å². The molecule has 0 saturated carbocycles. The minimum Gasteiger partial charge on any atom is -0.396 e. The number of nitrogens with zero attached hydrogens (tertiary/aromatic N) is 1. The van der Waals surface area contributed by atoms with Crippen molar-refractivity contribution in [1.82, 2.24) is 4.98 Å². The molecule has 1 aromatic heterocycles. The summed E-state index contributed by atoms with van der Waals surface area (Å²) in [5, 5.41) is 9.87. The Morgan fingerprint density at radius 1 is 1.47 bits per heavy atom. The molecular weight excluding hydrogens is 208 g/mol. The highest BCUT2D eigenvalue weighted by atomic mass is 32.2. The molecule has 1 heterocycles. The number of aromatic nitrogens is 1. The molecule has 0 fully saturated rings. The zero-order valence-electron chi connectivity index (χ0n) is 9.18. The van der Waals surface area contributed by atoms with Crippen molar-refractivity contribution >= 4 is 11.8 Å². The molecule has 2 atom stereocenters. The van der Waals surface area contributed by atoms with E-state index < -0.39 is 0 Å². The lowest BCUT2D eigenvalue weighted by atomic mass is 10.2. The van der Waals surface area contributed by atoms with Crippen LogP contribution in [0.2, 0.25) is 0 Å². The van der Waals surface area contributed by atoms with E-state index in [1.807, 2.05) is 32.2 Å². The summed E-state index contributed by atoms with van der Waals surface area (Å²) in [5.74, 6) is 1.20. The fourth-order valence-corrected chi connectivity index (χ4v) is 1.88. The fraction of sp³-hybridized carbons (Fsp3) is 0.545. The van der Waals surface area contributed by atoms with E-state index in [0.717, 1.165) is 16.3 Å². The molecule has 0 saturated heterocycles. The summed E-state index contributed by atoms with van der Waals surface area (Å²) in [6.45, 7) is 4.19. The SMILES string of the molecule is CC(CO)CSc1ccc(C(C)N)cn1. The first-order valence-electron chi connectivity index (χ1n) is 5.08. The number of aliphatic hydroxyl groups excluding tert-OH is 1. The quantitative estimate of drug-likeness (QED) is 0.752. The Kier molecular flexibility index (Phi) is 5.08. The van der Waals surface area contributed by atoms with Crippen molar-refractivity contribution in [2.75, 3.05) is 12.4 Å². The third kappa shape index (κ3) is 4.20. The molecular formula is C11H18N2OS. The fourth-order valence-electron chi connectivity index (χ4n) is 1.03. The first-order chi connectivity index (χ1) is 7.13. The maximum Gasteiger partial charge on any atom is 0.0960 e. The van der Waals surface area contributed by atoms with Gasteiger partial charge in [-0.05, 0) is 24.5 Å². The Morgan fingerprint density at radius 3 is 2.67 bits per heavy atom. The van der Waals surface area contributed by atoms with Crippen molar-refractivity contribution in [2.24, 2.45) is 11.7 Å². The Labute approximate surface area is 95.1 Å². The van der Waals surface area contributed by atoms with E-state index in [9.17, 15) is 0 Å². The van der Waals surface area contributed by atoms with Gasteiger partial charge in [0.1, 0.15) is 0 Å². The molecule has 15 heavy (non-hydrogen) atoms. The second kappa shape index (κ2) is 6.10. The molecule has 2 unspecified atom stereocenters. The van der Waals surface area contributed by atoms with Gasteiger partial charge in [-0.1, -0.05) is 13.0 Å². The second-order valence-corrected chi connectivity index (χ2v) is 4.86. The molecule has 0 aliphatic heterocycles. The number of pyridine rings is 1. The number of rotatable bonds is 5. The summed E-state index contributed by atoms with van der Waals surface area (Å²) < 4.78 is 0. The Bertz CT molecular complexity index is 287. The van der Waals surface area contributed by atoms with Crippen LogP contribution in [0.15, 0.2) is 23.4 Å². The molecule has 3 nitrogen and oxygen atoms in total. The van der Waals surface area contributed by atoms with Crippen LogP contribution in [0.5, 0.6) is 0 Å². The van der Waals surface area contributed by atoms with Gasteiger partial charge in [0.15, 0.2) is 0 Å². The van der Waals surface area contributed by atoms with Gasteiger partial charge in [0.05, 0.1) is 5.03 Å². The van der Waals surface area contributed by atoms with Gasteiger partial charge in [-0.15, -0.1) is 11.8 Å². The van der Waals surface area contributed by atoms with Gasteiger partial charge >= 0.3 is 0 Å². The Hall–Kier alpha value is -0.580. The number of hydrogen-bond donors (Lipinski definition) is 2. The summed E-state index contributed by atoms with van der Waals surface area (Å²) in [7, 11) is 0. The first kappa shape index (κ1) is 12.5. The predicted molar refractivity (Wildman–Crippen MR) is 63.8 cm³/mol. The Balaban J connectivity index is 2.50. The number of hydrogen-bond acceptors (Lipinski definition) is 4. The lowest BCUT2D eigenvalue weighted by molar-refractivity contribution is 0.250. The maximum absolute atomic E-state index is 8.88. The summed E-state index contributed by atoms with van der Waals surface area (Å²) in [5.41, 5.74) is 6.78. The minimum atomic E-state index is 0.0351. The molecule has 0 bridgehead atoms. The van der Waals surface area contributed by atoms with Gasteiger partial charge in [0.2, 0.25) is 0 Å². The summed E-state index contributed by atoms with van der Waals surface area (Å²) in [4.78, 5) is 4.31. The molecule has 0 radical (unpaired) electrons. The zero-order chi connectivity index (χ0) is 11.3. The van der Waals surface area contributed by atoms with Crippen molar-refractivity contribution in [3.8, 4) is 0 Å². The third-order valence-corrected chi connectivity index (χ3v) is 3.39. The van der Waals surface area contributed by atoms with Crippen LogP contribution in [0.1, 0.15) is 25.5 Å². The number of nitrogens with two attached hydrogens (primary N) is 1. The Morgan fingerprint density at radius 2 is 2.20 bits per heavy atom. The van der Waals surface area contributed by atoms with E-state index in [1.54, 1.807) is 11.8 Å². The van der Waals surface area contributed by atoms with E-state index in [2.05, 4.69) is 4.98 Å². The van der Waals surface area contributed by atoms with Crippen LogP contribution in [-0.2, 0) is 0 Å². The molecule has 1 aromatic rings. The largest absolute Gasteiger partial charge is 0.396 e. The lowest BCUT2D eigenvalue weighted by Crippen LogP contribution is -2.06. The second-order valence-electron chi connectivity index (χ2n) is 3.82. The molecule has 4 heteroatoms. The molecule has 0 amide bonds. The van der Waals surface area contributed by atoms with E-state index in [1.165, 1.54) is 0 Å². The van der Waals surface area contributed by atoms with E-state index >= 15 is 0 Å². The number of aliphatic hydroxyl groups is 1. The minimum absolute atomic E-state index is 0.0351. The molecule has 0 aromatic carbocycles. The highest BCUT2D eigenvalue weighted by Gasteiger charge is 2.03. The summed E-state index contributed by atoms with van der Waals surface area (Å²) in [6, 6.07) is 4.02. The van der Waals surface area contributed by atoms with Crippen molar-refractivity contribution in [1.29, 1.82) is 0 Å². The number of thioether (sulfide) groups is 1. The van der Waals surface area contributed by atoms with Crippen LogP contribution >= 0.6 is 11.8 Å². The van der Waals surface area contributed by atoms with Gasteiger partial charge in [0.25, 0.3) is 0 Å². The van der Waals surface area contributed by atoms with Crippen LogP contribution in [0.4, 0.5) is 0 Å². The zero-order valence-corrected chi connectivity index (χ0v) is 10.00. The van der Waals surface area contributed by atoms with Crippen LogP contribution < -0.4 is 5.73 Å². The standard InChI is InChI=1S/C11H18N2OS/c1-8(6-14)7-15-11-4-3-10(5-13-11)9(2)12/h3-5,8-9,14H,6-7,12H2,1-2H3. The topological polar surface area (TPSA) is 59.1 Å². The monoisotopic (exact) mass is 226 g/mol. The van der Waals surface area contributed by atoms with Crippen molar-refractivity contribution in [3.63, 3.8) is 0 Å². The van der Waals surface area contributed by atoms with Crippen LogP contribution in [0, 0.1) is 5.92 Å². The third-order valence-electron chi connectivity index (χ3n) is 2.11. The lowest BCUT2D eigenvalue weighted by Gasteiger charge is -2.08. The smallest absolute Gasteiger partial charge is 0.0960 e. The average Bonchev–Trinajstić information content (AvgIpc) is 2.26. The molecule has 0 spiro atoms. The highest BCUT2D eigenvalue weighted by Crippen LogP contribution is 2.19.